The van der Waals surface area contributed by atoms with Gasteiger partial charge in [-0.3, -0.25) is 9.59 Å². The van der Waals surface area contributed by atoms with Crippen molar-refractivity contribution in [3.63, 3.8) is 0 Å². The van der Waals surface area contributed by atoms with Gasteiger partial charge in [-0.25, -0.2) is 0 Å². The van der Waals surface area contributed by atoms with Gasteiger partial charge in [-0.2, -0.15) is 0 Å². The van der Waals surface area contributed by atoms with Crippen LogP contribution in [0.4, 0.5) is 0 Å². The Labute approximate surface area is 134 Å². The molecule has 23 heavy (non-hydrogen) atoms. The molecule has 3 rings (SSSR count). The Morgan fingerprint density at radius 2 is 2.26 bits per heavy atom. The maximum Gasteiger partial charge on any atom is 0.260 e. The standard InChI is InChI=1S/C16H20N2O5/c1-21-12-3-2-4-13(7-12)22-9-15(20)18-6-5-16(11-18)10-17-14(19)8-23-16/h2-4,7H,5-6,8-11H2,1H3,(H,17,19). The summed E-state index contributed by atoms with van der Waals surface area (Å²) in [4.78, 5) is 25.2. The van der Waals surface area contributed by atoms with E-state index in [1.54, 1.807) is 24.1 Å². The minimum absolute atomic E-state index is 0.0321. The van der Waals surface area contributed by atoms with Crippen molar-refractivity contribution in [2.24, 2.45) is 0 Å². The zero-order valence-corrected chi connectivity index (χ0v) is 13.0. The average Bonchev–Trinajstić information content (AvgIpc) is 3.00. The first kappa shape index (κ1) is 15.6. The molecule has 7 heteroatoms. The van der Waals surface area contributed by atoms with Crippen molar-refractivity contribution in [2.45, 2.75) is 12.0 Å². The van der Waals surface area contributed by atoms with E-state index >= 15 is 0 Å². The summed E-state index contributed by atoms with van der Waals surface area (Å²) in [7, 11) is 1.58. The Morgan fingerprint density at radius 1 is 1.43 bits per heavy atom. The number of ether oxygens (including phenoxy) is 3. The molecule has 2 amide bonds. The largest absolute Gasteiger partial charge is 0.497 e. The fourth-order valence-corrected chi connectivity index (χ4v) is 2.83. The Morgan fingerprint density at radius 3 is 3.00 bits per heavy atom. The zero-order chi connectivity index (χ0) is 16.3. The lowest BCUT2D eigenvalue weighted by Crippen LogP contribution is -2.54. The van der Waals surface area contributed by atoms with Crippen molar-refractivity contribution >= 4 is 11.8 Å². The topological polar surface area (TPSA) is 77.1 Å². The predicted molar refractivity (Wildman–Crippen MR) is 81.4 cm³/mol. The lowest BCUT2D eigenvalue weighted by molar-refractivity contribution is -0.143. The summed E-state index contributed by atoms with van der Waals surface area (Å²) in [5.41, 5.74) is -0.445. The molecule has 0 bridgehead atoms. The van der Waals surface area contributed by atoms with Crippen molar-refractivity contribution in [2.75, 3.05) is 40.0 Å². The van der Waals surface area contributed by atoms with Gasteiger partial charge in [0.05, 0.1) is 13.7 Å². The van der Waals surface area contributed by atoms with Crippen LogP contribution in [0, 0.1) is 0 Å². The predicted octanol–water partition coefficient (Wildman–Crippen LogP) is 0.192. The summed E-state index contributed by atoms with van der Waals surface area (Å²) in [6.45, 7) is 1.56. The van der Waals surface area contributed by atoms with E-state index in [1.807, 2.05) is 12.1 Å². The molecule has 0 aliphatic carbocycles. The number of likely N-dealkylation sites (tertiary alicyclic amines) is 1. The van der Waals surface area contributed by atoms with Crippen LogP contribution in [0.15, 0.2) is 24.3 Å². The molecular formula is C16H20N2O5. The molecule has 1 N–H and O–H groups in total. The van der Waals surface area contributed by atoms with Gasteiger partial charge in [0.15, 0.2) is 6.61 Å². The molecule has 0 saturated carbocycles. The van der Waals surface area contributed by atoms with Gasteiger partial charge >= 0.3 is 0 Å². The summed E-state index contributed by atoms with van der Waals surface area (Å²) in [5, 5.41) is 2.80. The molecular weight excluding hydrogens is 300 g/mol. The minimum Gasteiger partial charge on any atom is -0.497 e. The van der Waals surface area contributed by atoms with Crippen molar-refractivity contribution in [3.05, 3.63) is 24.3 Å². The van der Waals surface area contributed by atoms with Gasteiger partial charge in [0, 0.05) is 19.2 Å². The third-order valence-electron chi connectivity index (χ3n) is 4.19. The first-order valence-electron chi connectivity index (χ1n) is 7.55. The van der Waals surface area contributed by atoms with E-state index in [2.05, 4.69) is 5.32 Å². The monoisotopic (exact) mass is 320 g/mol. The van der Waals surface area contributed by atoms with Gasteiger partial charge in [-0.1, -0.05) is 6.07 Å². The maximum absolute atomic E-state index is 12.3. The van der Waals surface area contributed by atoms with Crippen LogP contribution < -0.4 is 14.8 Å². The molecule has 0 radical (unpaired) electrons. The number of methoxy groups -OCH3 is 1. The van der Waals surface area contributed by atoms with Crippen molar-refractivity contribution in [1.82, 2.24) is 10.2 Å². The fraction of sp³-hybridized carbons (Fsp3) is 0.500. The van der Waals surface area contributed by atoms with Crippen LogP contribution in [0.5, 0.6) is 11.5 Å². The molecule has 1 aromatic rings. The smallest absolute Gasteiger partial charge is 0.260 e. The van der Waals surface area contributed by atoms with Crippen LogP contribution in [0.1, 0.15) is 6.42 Å². The third kappa shape index (κ3) is 3.56. The molecule has 1 atom stereocenters. The Bertz CT molecular complexity index is 594. The number of hydrogen-bond acceptors (Lipinski definition) is 5. The SMILES string of the molecule is COc1cccc(OCC(=O)N2CCC3(CNC(=O)CO3)C2)c1. The zero-order valence-electron chi connectivity index (χ0n) is 13.0. The summed E-state index contributed by atoms with van der Waals surface area (Å²) >= 11 is 0. The molecule has 2 fully saturated rings. The number of carbonyl (C=O) groups excluding carboxylic acids is 2. The number of hydrogen-bond donors (Lipinski definition) is 1. The molecule has 2 aliphatic heterocycles. The highest BCUT2D eigenvalue weighted by atomic mass is 16.5. The lowest BCUT2D eigenvalue weighted by atomic mass is 10.0. The second-order valence-corrected chi connectivity index (χ2v) is 5.78. The second-order valence-electron chi connectivity index (χ2n) is 5.78. The third-order valence-corrected chi connectivity index (χ3v) is 4.19. The van der Waals surface area contributed by atoms with Gasteiger partial charge in [0.1, 0.15) is 23.7 Å². The Balaban J connectivity index is 1.52. The Hall–Kier alpha value is -2.28. The number of rotatable bonds is 4. The van der Waals surface area contributed by atoms with E-state index in [4.69, 9.17) is 14.2 Å². The highest BCUT2D eigenvalue weighted by Gasteiger charge is 2.43. The molecule has 1 spiro atoms. The summed E-state index contributed by atoms with van der Waals surface area (Å²) in [6.07, 6.45) is 0.720. The van der Waals surface area contributed by atoms with Crippen molar-refractivity contribution in [1.29, 1.82) is 0 Å². The normalized spacial score (nSPS) is 23.7. The molecule has 1 unspecified atom stereocenters. The van der Waals surface area contributed by atoms with Gasteiger partial charge in [0.2, 0.25) is 5.91 Å². The van der Waals surface area contributed by atoms with E-state index < -0.39 is 5.60 Å². The van der Waals surface area contributed by atoms with Gasteiger partial charge in [-0.05, 0) is 18.6 Å². The van der Waals surface area contributed by atoms with Gasteiger partial charge in [0.25, 0.3) is 5.91 Å². The number of nitrogens with zero attached hydrogens (tertiary/aromatic N) is 1. The van der Waals surface area contributed by atoms with E-state index in [1.165, 1.54) is 0 Å². The van der Waals surface area contributed by atoms with E-state index in [0.717, 1.165) is 6.42 Å². The molecule has 7 nitrogen and oxygen atoms in total. The van der Waals surface area contributed by atoms with Crippen LogP contribution in [0.25, 0.3) is 0 Å². The lowest BCUT2D eigenvalue weighted by Gasteiger charge is -2.33. The quantitative estimate of drug-likeness (QED) is 0.857. The van der Waals surface area contributed by atoms with Gasteiger partial charge in [-0.15, -0.1) is 0 Å². The summed E-state index contributed by atoms with van der Waals surface area (Å²) in [6, 6.07) is 7.13. The molecule has 0 aromatic heterocycles. The van der Waals surface area contributed by atoms with Gasteiger partial charge < -0.3 is 24.4 Å². The van der Waals surface area contributed by atoms with Crippen LogP contribution in [-0.4, -0.2) is 62.3 Å². The van der Waals surface area contributed by atoms with Crippen LogP contribution in [-0.2, 0) is 14.3 Å². The highest BCUT2D eigenvalue weighted by molar-refractivity contribution is 5.79. The number of carbonyl (C=O) groups is 2. The first-order valence-corrected chi connectivity index (χ1v) is 7.55. The summed E-state index contributed by atoms with van der Waals surface area (Å²) < 4.78 is 16.3. The maximum atomic E-state index is 12.3. The van der Waals surface area contributed by atoms with E-state index in [0.29, 0.717) is 31.1 Å². The average molecular weight is 320 g/mol. The van der Waals surface area contributed by atoms with Crippen molar-refractivity contribution < 1.29 is 23.8 Å². The van der Waals surface area contributed by atoms with E-state index in [-0.39, 0.29) is 25.0 Å². The molecule has 2 saturated heterocycles. The van der Waals surface area contributed by atoms with E-state index in [9.17, 15) is 9.59 Å². The minimum atomic E-state index is -0.445. The molecule has 2 heterocycles. The number of benzene rings is 1. The second kappa shape index (κ2) is 6.45. The Kier molecular flexibility index (Phi) is 4.38. The van der Waals surface area contributed by atoms with Crippen LogP contribution >= 0.6 is 0 Å². The fourth-order valence-electron chi connectivity index (χ4n) is 2.83. The van der Waals surface area contributed by atoms with Crippen LogP contribution in [0.2, 0.25) is 0 Å². The van der Waals surface area contributed by atoms with Crippen LogP contribution in [0.3, 0.4) is 0 Å². The van der Waals surface area contributed by atoms with Crippen molar-refractivity contribution in [3.8, 4) is 11.5 Å². The first-order chi connectivity index (χ1) is 11.1. The summed E-state index contributed by atoms with van der Waals surface area (Å²) in [5.74, 6) is 1.07. The molecule has 2 aliphatic rings. The number of amides is 2. The molecule has 1 aromatic carbocycles. The molecule has 124 valence electrons. The number of nitrogens with one attached hydrogen (secondary N) is 1. The highest BCUT2D eigenvalue weighted by Crippen LogP contribution is 2.27. The number of morpholine rings is 1.